The van der Waals surface area contributed by atoms with Crippen LogP contribution in [0.5, 0.6) is 0 Å². The summed E-state index contributed by atoms with van der Waals surface area (Å²) in [6.07, 6.45) is 6.01. The van der Waals surface area contributed by atoms with E-state index in [1.807, 2.05) is 12.1 Å². The highest BCUT2D eigenvalue weighted by Gasteiger charge is 2.31. The molecule has 0 amide bonds. The molecule has 0 aliphatic carbocycles. The molecular weight excluding hydrogens is 419 g/mol. The van der Waals surface area contributed by atoms with Crippen molar-refractivity contribution in [3.8, 4) is 11.1 Å². The first kappa shape index (κ1) is 23.0. The fourth-order valence-electron chi connectivity index (χ4n) is 5.83. The molecule has 2 heterocycles. The Balaban J connectivity index is 1.47. The first-order chi connectivity index (χ1) is 16.7. The van der Waals surface area contributed by atoms with E-state index in [-0.39, 0.29) is 5.82 Å². The number of halogens is 1. The van der Waals surface area contributed by atoms with Gasteiger partial charge in [0.05, 0.1) is 0 Å². The quantitative estimate of drug-likeness (QED) is 0.450. The maximum absolute atomic E-state index is 13.4. The molecule has 2 fully saturated rings. The van der Waals surface area contributed by atoms with Crippen LogP contribution in [0.1, 0.15) is 50.2 Å². The lowest BCUT2D eigenvalue weighted by Crippen LogP contribution is -2.50. The van der Waals surface area contributed by atoms with Crippen LogP contribution in [0, 0.1) is 5.82 Å². The molecule has 34 heavy (non-hydrogen) atoms. The summed E-state index contributed by atoms with van der Waals surface area (Å²) in [6.45, 7) is 5.80. The van der Waals surface area contributed by atoms with Crippen LogP contribution in [0.2, 0.25) is 0 Å². The van der Waals surface area contributed by atoms with Crippen molar-refractivity contribution in [1.82, 2.24) is 10.2 Å². The van der Waals surface area contributed by atoms with E-state index < -0.39 is 0 Å². The van der Waals surface area contributed by atoms with Crippen LogP contribution in [0.3, 0.4) is 0 Å². The second-order valence-corrected chi connectivity index (χ2v) is 9.66. The summed E-state index contributed by atoms with van der Waals surface area (Å²) in [4.78, 5) is 2.81. The van der Waals surface area contributed by atoms with Crippen molar-refractivity contribution >= 4 is 5.57 Å². The van der Waals surface area contributed by atoms with Crippen LogP contribution in [-0.2, 0) is 0 Å². The highest BCUT2D eigenvalue weighted by molar-refractivity contribution is 5.83. The molecule has 2 saturated heterocycles. The molecular formula is C31H35FN2. The Kier molecular flexibility index (Phi) is 7.22. The normalized spacial score (nSPS) is 21.4. The average Bonchev–Trinajstić information content (AvgIpc) is 2.91. The van der Waals surface area contributed by atoms with E-state index in [0.29, 0.717) is 6.04 Å². The van der Waals surface area contributed by atoms with Crippen molar-refractivity contribution in [3.05, 3.63) is 101 Å². The van der Waals surface area contributed by atoms with E-state index in [1.54, 1.807) is 5.57 Å². The molecule has 3 heteroatoms. The Bertz CT molecular complexity index is 1100. The molecule has 0 bridgehead atoms. The monoisotopic (exact) mass is 454 g/mol. The molecule has 1 atom stereocenters. The minimum Gasteiger partial charge on any atom is -0.317 e. The lowest BCUT2D eigenvalue weighted by molar-refractivity contribution is 0.0909. The van der Waals surface area contributed by atoms with Crippen molar-refractivity contribution in [2.45, 2.75) is 51.1 Å². The van der Waals surface area contributed by atoms with Crippen molar-refractivity contribution in [2.75, 3.05) is 19.6 Å². The van der Waals surface area contributed by atoms with E-state index in [9.17, 15) is 4.39 Å². The number of rotatable bonds is 5. The predicted molar refractivity (Wildman–Crippen MR) is 140 cm³/mol. The number of nitrogens with one attached hydrogen (secondary N) is 1. The lowest BCUT2D eigenvalue weighted by Gasteiger charge is -2.44. The van der Waals surface area contributed by atoms with Gasteiger partial charge in [-0.3, -0.25) is 4.90 Å². The molecule has 0 aromatic heterocycles. The Hall–Kier alpha value is -2.75. The fraction of sp³-hybridized carbons (Fsp3) is 0.355. The summed E-state index contributed by atoms with van der Waals surface area (Å²) >= 11 is 0. The van der Waals surface area contributed by atoms with Crippen LogP contribution in [0.4, 0.5) is 4.39 Å². The van der Waals surface area contributed by atoms with E-state index in [2.05, 4.69) is 71.7 Å². The van der Waals surface area contributed by atoms with E-state index >= 15 is 0 Å². The summed E-state index contributed by atoms with van der Waals surface area (Å²) in [6, 6.07) is 27.8. The zero-order valence-corrected chi connectivity index (χ0v) is 20.1. The van der Waals surface area contributed by atoms with Crippen molar-refractivity contribution < 1.29 is 4.39 Å². The maximum atomic E-state index is 13.4. The van der Waals surface area contributed by atoms with Gasteiger partial charge >= 0.3 is 0 Å². The molecule has 1 unspecified atom stereocenters. The molecule has 2 aliphatic heterocycles. The Morgan fingerprint density at radius 3 is 2.12 bits per heavy atom. The standard InChI is InChI=1S/C31H35FN2/c1-2-29-22-27(18-21-34(29)30-16-19-33-20-17-30)31(25-6-4-3-5-7-25)26-10-8-23(9-11-26)24-12-14-28(32)15-13-24/h3-15,29-30,33H,2,16-22H2,1H3. The van der Waals surface area contributed by atoms with Gasteiger partial charge in [-0.25, -0.2) is 4.39 Å². The summed E-state index contributed by atoms with van der Waals surface area (Å²) in [5.74, 6) is -0.197. The fourth-order valence-corrected chi connectivity index (χ4v) is 5.83. The first-order valence-corrected chi connectivity index (χ1v) is 12.8. The molecule has 3 aromatic rings. The predicted octanol–water partition coefficient (Wildman–Crippen LogP) is 6.92. The van der Waals surface area contributed by atoms with Crippen LogP contribution in [-0.4, -0.2) is 36.6 Å². The van der Waals surface area contributed by atoms with Gasteiger partial charge in [-0.1, -0.05) is 79.2 Å². The maximum Gasteiger partial charge on any atom is 0.123 e. The zero-order valence-electron chi connectivity index (χ0n) is 20.1. The third kappa shape index (κ3) is 5.01. The van der Waals surface area contributed by atoms with Crippen molar-refractivity contribution in [1.29, 1.82) is 0 Å². The second kappa shape index (κ2) is 10.7. The number of benzene rings is 3. The van der Waals surface area contributed by atoms with Gasteiger partial charge in [-0.05, 0) is 85.2 Å². The third-order valence-electron chi connectivity index (χ3n) is 7.64. The molecule has 5 rings (SSSR count). The Labute approximate surface area is 203 Å². The summed E-state index contributed by atoms with van der Waals surface area (Å²) < 4.78 is 13.4. The Morgan fingerprint density at radius 2 is 1.47 bits per heavy atom. The SMILES string of the molecule is CCC1CC(=C(c2ccccc2)c2ccc(-c3ccc(F)cc3)cc2)CCN1C1CCNCC1. The number of piperidine rings is 2. The van der Waals surface area contributed by atoms with Crippen molar-refractivity contribution in [3.63, 3.8) is 0 Å². The number of nitrogens with zero attached hydrogens (tertiary/aromatic N) is 1. The first-order valence-electron chi connectivity index (χ1n) is 12.8. The molecule has 0 saturated carbocycles. The zero-order chi connectivity index (χ0) is 23.3. The van der Waals surface area contributed by atoms with Crippen LogP contribution in [0.15, 0.2) is 84.4 Å². The number of hydrogen-bond acceptors (Lipinski definition) is 2. The van der Waals surface area contributed by atoms with Crippen LogP contribution >= 0.6 is 0 Å². The van der Waals surface area contributed by atoms with Gasteiger partial charge in [-0.2, -0.15) is 0 Å². The summed E-state index contributed by atoms with van der Waals surface area (Å²) in [7, 11) is 0. The van der Waals surface area contributed by atoms with Gasteiger partial charge in [0.1, 0.15) is 5.82 Å². The minimum atomic E-state index is -0.197. The highest BCUT2D eigenvalue weighted by atomic mass is 19.1. The smallest absolute Gasteiger partial charge is 0.123 e. The number of likely N-dealkylation sites (tertiary alicyclic amines) is 1. The molecule has 2 aliphatic rings. The van der Waals surface area contributed by atoms with Gasteiger partial charge in [0.15, 0.2) is 0 Å². The van der Waals surface area contributed by atoms with E-state index in [4.69, 9.17) is 0 Å². The molecule has 2 nitrogen and oxygen atoms in total. The molecule has 3 aromatic carbocycles. The molecule has 0 radical (unpaired) electrons. The van der Waals surface area contributed by atoms with E-state index in [1.165, 1.54) is 48.1 Å². The van der Waals surface area contributed by atoms with Crippen molar-refractivity contribution in [2.24, 2.45) is 0 Å². The number of hydrogen-bond donors (Lipinski definition) is 1. The summed E-state index contributed by atoms with van der Waals surface area (Å²) in [5, 5.41) is 3.52. The summed E-state index contributed by atoms with van der Waals surface area (Å²) in [5.41, 5.74) is 7.72. The van der Waals surface area contributed by atoms with Gasteiger partial charge < -0.3 is 5.32 Å². The molecule has 176 valence electrons. The van der Waals surface area contributed by atoms with Crippen LogP contribution < -0.4 is 5.32 Å². The topological polar surface area (TPSA) is 15.3 Å². The Morgan fingerprint density at radius 1 is 0.853 bits per heavy atom. The second-order valence-electron chi connectivity index (χ2n) is 9.66. The van der Waals surface area contributed by atoms with Crippen LogP contribution in [0.25, 0.3) is 16.7 Å². The van der Waals surface area contributed by atoms with Gasteiger partial charge in [0.2, 0.25) is 0 Å². The minimum absolute atomic E-state index is 0.197. The largest absolute Gasteiger partial charge is 0.317 e. The van der Waals surface area contributed by atoms with Gasteiger partial charge in [-0.15, -0.1) is 0 Å². The molecule has 0 spiro atoms. The van der Waals surface area contributed by atoms with Gasteiger partial charge in [0.25, 0.3) is 0 Å². The molecule has 1 N–H and O–H groups in total. The third-order valence-corrected chi connectivity index (χ3v) is 7.64. The average molecular weight is 455 g/mol. The van der Waals surface area contributed by atoms with Gasteiger partial charge in [0, 0.05) is 18.6 Å². The highest BCUT2D eigenvalue weighted by Crippen LogP contribution is 2.37. The van der Waals surface area contributed by atoms with E-state index in [0.717, 1.165) is 49.6 Å². The lowest BCUT2D eigenvalue weighted by atomic mass is 9.83.